The number of aliphatic hydroxyl groups is 1. The van der Waals surface area contributed by atoms with E-state index in [0.29, 0.717) is 29.5 Å². The minimum atomic E-state index is -0.611. The molecule has 7 aromatic rings. The van der Waals surface area contributed by atoms with Gasteiger partial charge < -0.3 is 24.3 Å². The minimum Gasteiger partial charge on any atom is -0.431 e. The zero-order valence-electron chi connectivity index (χ0n) is 30.1. The zero-order valence-corrected chi connectivity index (χ0v) is 30.9. The van der Waals surface area contributed by atoms with E-state index in [-0.39, 0.29) is 24.7 Å². The van der Waals surface area contributed by atoms with E-state index in [1.165, 1.54) is 11.8 Å². The molecule has 8 rings (SSSR count). The van der Waals surface area contributed by atoms with Gasteiger partial charge in [-0.05, 0) is 39.9 Å². The van der Waals surface area contributed by atoms with Crippen molar-refractivity contribution in [1.82, 2.24) is 10.3 Å². The number of nitrogens with one attached hydrogen (secondary N) is 1. The first-order valence-electron chi connectivity index (χ1n) is 18.4. The van der Waals surface area contributed by atoms with Crippen LogP contribution in [0.4, 0.5) is 0 Å². The summed E-state index contributed by atoms with van der Waals surface area (Å²) in [5.74, 6) is 1.23. The maximum absolute atomic E-state index is 12.8. The van der Waals surface area contributed by atoms with E-state index >= 15 is 0 Å². The van der Waals surface area contributed by atoms with Crippen LogP contribution in [-0.4, -0.2) is 27.9 Å². The summed E-state index contributed by atoms with van der Waals surface area (Å²) in [4.78, 5) is 17.7. The van der Waals surface area contributed by atoms with Crippen LogP contribution < -0.4 is 5.32 Å². The van der Waals surface area contributed by atoms with Gasteiger partial charge in [0, 0.05) is 41.0 Å². The first kappa shape index (κ1) is 36.2. The minimum absolute atomic E-state index is 0.0161. The molecule has 8 heteroatoms. The predicted molar refractivity (Wildman–Crippen MR) is 216 cm³/mol. The third-order valence-electron chi connectivity index (χ3n) is 9.68. The fourth-order valence-corrected chi connectivity index (χ4v) is 7.61. The standard InChI is InChI=1S/C47H40N2O5S/c50-30-32-20-22-34(23-21-32)42-28-40(31-55-47-49-43(35-12-4-1-5-13-35)44(54-47)36-14-6-2-7-15-36)52-46(53-42)38-26-24-33(25-27-38)41-19-11-10-18-39(41)29-48-45(51)37-16-8-3-9-17-37/h1-27,40,42,46,50H,28-31H2,(H,48,51)/t40-,42+,46+/m1/s1. The average Bonchev–Trinajstić information content (AvgIpc) is 3.70. The molecule has 2 N–H and O–H groups in total. The Labute approximate surface area is 325 Å². The number of oxazole rings is 1. The van der Waals surface area contributed by atoms with Gasteiger partial charge >= 0.3 is 0 Å². The summed E-state index contributed by atoms with van der Waals surface area (Å²) in [6.45, 7) is 0.387. The van der Waals surface area contributed by atoms with Crippen LogP contribution in [0.15, 0.2) is 173 Å². The van der Waals surface area contributed by atoms with Crippen LogP contribution in [0, 0.1) is 0 Å². The molecule has 1 aromatic heterocycles. The Morgan fingerprint density at radius 3 is 2.04 bits per heavy atom. The molecule has 0 unspecified atom stereocenters. The summed E-state index contributed by atoms with van der Waals surface area (Å²) in [5.41, 5.74) is 9.27. The molecule has 3 atom stereocenters. The number of rotatable bonds is 12. The number of hydrogen-bond acceptors (Lipinski definition) is 7. The van der Waals surface area contributed by atoms with Crippen molar-refractivity contribution in [2.75, 3.05) is 5.75 Å². The van der Waals surface area contributed by atoms with Crippen LogP contribution in [0.1, 0.15) is 51.4 Å². The van der Waals surface area contributed by atoms with Crippen molar-refractivity contribution in [1.29, 1.82) is 0 Å². The van der Waals surface area contributed by atoms with Gasteiger partial charge in [-0.25, -0.2) is 4.98 Å². The number of aliphatic hydroxyl groups excluding tert-OH is 1. The van der Waals surface area contributed by atoms with Crippen molar-refractivity contribution in [2.45, 2.75) is 43.3 Å². The lowest BCUT2D eigenvalue weighted by molar-refractivity contribution is -0.245. The van der Waals surface area contributed by atoms with Crippen molar-refractivity contribution in [2.24, 2.45) is 0 Å². The van der Waals surface area contributed by atoms with Crippen LogP contribution in [0.2, 0.25) is 0 Å². The van der Waals surface area contributed by atoms with Gasteiger partial charge in [-0.1, -0.05) is 163 Å². The summed E-state index contributed by atoms with van der Waals surface area (Å²) < 4.78 is 19.8. The highest BCUT2D eigenvalue weighted by Crippen LogP contribution is 2.41. The first-order chi connectivity index (χ1) is 27.1. The topological polar surface area (TPSA) is 93.8 Å². The summed E-state index contributed by atoms with van der Waals surface area (Å²) >= 11 is 1.54. The summed E-state index contributed by atoms with van der Waals surface area (Å²) in [6.07, 6.45) is -0.372. The molecular formula is C47H40N2O5S. The number of benzene rings is 6. The molecule has 1 aliphatic rings. The SMILES string of the molecule is O=C(NCc1ccccc1-c1ccc([C@H]2O[C@@H](CSc3nc(-c4ccccc4)c(-c4ccccc4)o3)C[C@@H](c3ccc(CO)cc3)O2)cc1)c1ccccc1. The van der Waals surface area contributed by atoms with Crippen LogP contribution in [0.3, 0.4) is 0 Å². The van der Waals surface area contributed by atoms with Crippen molar-refractivity contribution >= 4 is 17.7 Å². The lowest BCUT2D eigenvalue weighted by atomic mass is 9.97. The quantitative estimate of drug-likeness (QED) is 0.120. The lowest BCUT2D eigenvalue weighted by Crippen LogP contribution is -2.31. The first-order valence-corrected chi connectivity index (χ1v) is 19.4. The highest BCUT2D eigenvalue weighted by atomic mass is 32.2. The molecule has 7 nitrogen and oxygen atoms in total. The van der Waals surface area contributed by atoms with Crippen molar-refractivity contribution in [3.8, 4) is 33.7 Å². The predicted octanol–water partition coefficient (Wildman–Crippen LogP) is 10.4. The van der Waals surface area contributed by atoms with E-state index in [4.69, 9.17) is 18.9 Å². The van der Waals surface area contributed by atoms with Gasteiger partial charge in [-0.15, -0.1) is 0 Å². The van der Waals surface area contributed by atoms with Gasteiger partial charge in [0.1, 0.15) is 5.69 Å². The molecule has 55 heavy (non-hydrogen) atoms. The maximum atomic E-state index is 12.8. The molecule has 0 spiro atoms. The van der Waals surface area contributed by atoms with Crippen LogP contribution in [0.5, 0.6) is 0 Å². The number of aromatic nitrogens is 1. The molecule has 274 valence electrons. The Hall–Kier alpha value is -5.77. The number of amides is 1. The number of nitrogens with zero attached hydrogens (tertiary/aromatic N) is 1. The fourth-order valence-electron chi connectivity index (χ4n) is 6.77. The largest absolute Gasteiger partial charge is 0.431 e. The van der Waals surface area contributed by atoms with Gasteiger partial charge in [0.2, 0.25) is 0 Å². The van der Waals surface area contributed by atoms with Crippen LogP contribution in [0.25, 0.3) is 33.7 Å². The monoisotopic (exact) mass is 744 g/mol. The molecule has 2 heterocycles. The Kier molecular flexibility index (Phi) is 11.3. The molecule has 6 aromatic carbocycles. The number of ether oxygens (including phenoxy) is 2. The fraction of sp³-hybridized carbons (Fsp3) is 0.149. The highest BCUT2D eigenvalue weighted by Gasteiger charge is 2.33. The van der Waals surface area contributed by atoms with Crippen molar-refractivity contribution in [3.63, 3.8) is 0 Å². The van der Waals surface area contributed by atoms with E-state index in [1.807, 2.05) is 146 Å². The summed E-state index contributed by atoms with van der Waals surface area (Å²) in [7, 11) is 0. The Morgan fingerprint density at radius 2 is 1.33 bits per heavy atom. The van der Waals surface area contributed by atoms with E-state index in [0.717, 1.165) is 56.0 Å². The summed E-state index contributed by atoms with van der Waals surface area (Å²) in [6, 6.07) is 53.7. The normalized spacial score (nSPS) is 16.8. The van der Waals surface area contributed by atoms with Gasteiger partial charge in [0.05, 0.1) is 18.8 Å². The van der Waals surface area contributed by atoms with Crippen molar-refractivity contribution in [3.05, 3.63) is 192 Å². The van der Waals surface area contributed by atoms with Gasteiger partial charge in [0.15, 0.2) is 12.1 Å². The molecule has 0 saturated carbocycles. The number of carbonyl (C=O) groups is 1. The second kappa shape index (κ2) is 17.1. The molecule has 0 bridgehead atoms. The number of thioether (sulfide) groups is 1. The van der Waals surface area contributed by atoms with Crippen molar-refractivity contribution < 1.29 is 23.8 Å². The molecule has 1 aliphatic heterocycles. The molecule has 1 amide bonds. The molecule has 1 fully saturated rings. The number of hydrogen-bond donors (Lipinski definition) is 2. The van der Waals surface area contributed by atoms with Gasteiger partial charge in [-0.2, -0.15) is 0 Å². The highest BCUT2D eigenvalue weighted by molar-refractivity contribution is 7.99. The number of carbonyl (C=O) groups excluding carboxylic acids is 1. The van der Waals surface area contributed by atoms with E-state index < -0.39 is 6.29 Å². The second-order valence-corrected chi connectivity index (χ2v) is 14.3. The van der Waals surface area contributed by atoms with Crippen LogP contribution in [-0.2, 0) is 22.6 Å². The summed E-state index contributed by atoms with van der Waals surface area (Å²) in [5, 5.41) is 13.3. The molecular weight excluding hydrogens is 705 g/mol. The Balaban J connectivity index is 1.02. The van der Waals surface area contributed by atoms with Gasteiger partial charge in [-0.3, -0.25) is 4.79 Å². The Bertz CT molecular complexity index is 2260. The lowest BCUT2D eigenvalue weighted by Gasteiger charge is -2.36. The third-order valence-corrected chi connectivity index (χ3v) is 10.6. The van der Waals surface area contributed by atoms with E-state index in [2.05, 4.69) is 23.5 Å². The maximum Gasteiger partial charge on any atom is 0.256 e. The molecule has 0 radical (unpaired) electrons. The molecule has 0 aliphatic carbocycles. The smallest absolute Gasteiger partial charge is 0.256 e. The second-order valence-electron chi connectivity index (χ2n) is 13.4. The Morgan fingerprint density at radius 1 is 0.691 bits per heavy atom. The van der Waals surface area contributed by atoms with E-state index in [1.54, 1.807) is 0 Å². The zero-order chi connectivity index (χ0) is 37.4. The van der Waals surface area contributed by atoms with Gasteiger partial charge in [0.25, 0.3) is 11.1 Å². The average molecular weight is 745 g/mol. The molecule has 1 saturated heterocycles. The van der Waals surface area contributed by atoms with E-state index in [9.17, 15) is 9.90 Å². The van der Waals surface area contributed by atoms with Crippen LogP contribution >= 0.6 is 11.8 Å². The third kappa shape index (κ3) is 8.64.